The first-order chi connectivity index (χ1) is 13.4. The molecule has 2 aromatic heterocycles. The van der Waals surface area contributed by atoms with Gasteiger partial charge in [-0.05, 0) is 47.5 Å². The number of hydrogen-bond donors (Lipinski definition) is 1. The molecule has 0 aliphatic carbocycles. The highest BCUT2D eigenvalue weighted by Gasteiger charge is 2.18. The Bertz CT molecular complexity index is 1150. The zero-order chi connectivity index (χ0) is 19.8. The molecule has 8 heteroatoms. The monoisotopic (exact) mass is 412 g/mol. The number of fused-ring (bicyclic) bond motifs is 1. The maximum Gasteiger partial charge on any atom is 0.224 e. The summed E-state index contributed by atoms with van der Waals surface area (Å²) in [5.74, 6) is 1.16. The van der Waals surface area contributed by atoms with Gasteiger partial charge >= 0.3 is 0 Å². The smallest absolute Gasteiger partial charge is 0.224 e. The van der Waals surface area contributed by atoms with Crippen LogP contribution in [-0.4, -0.2) is 26.6 Å². The van der Waals surface area contributed by atoms with E-state index in [0.29, 0.717) is 23.2 Å². The first-order valence-corrected chi connectivity index (χ1v) is 9.40. The fraction of sp³-hybridized carbons (Fsp3) is 0.150. The number of aryl methyl sites for hydroxylation is 1. The summed E-state index contributed by atoms with van der Waals surface area (Å²) in [6.45, 7) is 0. The molecule has 142 valence electrons. The van der Waals surface area contributed by atoms with E-state index in [2.05, 4.69) is 15.0 Å². The van der Waals surface area contributed by atoms with Gasteiger partial charge < -0.3 is 15.2 Å². The third kappa shape index (κ3) is 3.37. The summed E-state index contributed by atoms with van der Waals surface area (Å²) in [5.41, 5.74) is 11.0. The fourth-order valence-corrected chi connectivity index (χ4v) is 3.52. The van der Waals surface area contributed by atoms with Crippen LogP contribution in [0.3, 0.4) is 0 Å². The number of anilines is 3. The summed E-state index contributed by atoms with van der Waals surface area (Å²) in [5, 5.41) is 0.906. The number of nitrogens with zero attached hydrogens (tertiary/aromatic N) is 5. The number of hydrogen-bond acceptors (Lipinski definition) is 5. The molecule has 0 spiro atoms. The van der Waals surface area contributed by atoms with Gasteiger partial charge in [-0.25, -0.2) is 15.0 Å². The zero-order valence-corrected chi connectivity index (χ0v) is 16.9. The average Bonchev–Trinajstić information content (AvgIpc) is 2.98. The summed E-state index contributed by atoms with van der Waals surface area (Å²) in [7, 11) is 3.85. The van der Waals surface area contributed by atoms with Crippen molar-refractivity contribution in [2.24, 2.45) is 7.05 Å². The summed E-state index contributed by atoms with van der Waals surface area (Å²) < 4.78 is 1.88. The molecule has 2 heterocycles. The summed E-state index contributed by atoms with van der Waals surface area (Å²) in [6.07, 6.45) is 2.31. The molecule has 0 aliphatic heterocycles. The van der Waals surface area contributed by atoms with Crippen molar-refractivity contribution in [2.45, 2.75) is 6.42 Å². The van der Waals surface area contributed by atoms with Crippen molar-refractivity contribution >= 4 is 51.7 Å². The maximum atomic E-state index is 6.07. The van der Waals surface area contributed by atoms with Crippen LogP contribution in [0.4, 0.5) is 17.5 Å². The Morgan fingerprint density at radius 1 is 1.04 bits per heavy atom. The van der Waals surface area contributed by atoms with Crippen LogP contribution < -0.4 is 10.6 Å². The first kappa shape index (κ1) is 18.5. The summed E-state index contributed by atoms with van der Waals surface area (Å²) in [6, 6.07) is 13.7. The van der Waals surface area contributed by atoms with Crippen LogP contribution in [-0.2, 0) is 13.5 Å². The number of nitrogen functional groups attached to an aromatic ring is 1. The van der Waals surface area contributed by atoms with Crippen LogP contribution >= 0.6 is 23.2 Å². The van der Waals surface area contributed by atoms with E-state index in [-0.39, 0.29) is 5.28 Å². The molecule has 0 radical (unpaired) electrons. The van der Waals surface area contributed by atoms with Crippen molar-refractivity contribution in [1.82, 2.24) is 19.5 Å². The molecule has 0 atom stereocenters. The lowest BCUT2D eigenvalue weighted by molar-refractivity contribution is 0.965. The maximum absolute atomic E-state index is 6.07. The molecule has 4 rings (SSSR count). The lowest BCUT2D eigenvalue weighted by Crippen LogP contribution is -2.14. The topological polar surface area (TPSA) is 72.9 Å². The predicted octanol–water partition coefficient (Wildman–Crippen LogP) is 4.61. The second-order valence-electron chi connectivity index (χ2n) is 6.51. The SMILES string of the molecule is CN(c1ccnc(Cl)n1)c1ccc2c(nc(N)n2C)c1Cc1ccc(Cl)cc1. The Morgan fingerprint density at radius 3 is 2.50 bits per heavy atom. The van der Waals surface area contributed by atoms with Gasteiger partial charge in [0.15, 0.2) is 0 Å². The van der Waals surface area contributed by atoms with E-state index >= 15 is 0 Å². The van der Waals surface area contributed by atoms with Gasteiger partial charge in [-0.3, -0.25) is 0 Å². The van der Waals surface area contributed by atoms with Crippen molar-refractivity contribution in [1.29, 1.82) is 0 Å². The van der Waals surface area contributed by atoms with Gasteiger partial charge in [-0.1, -0.05) is 23.7 Å². The van der Waals surface area contributed by atoms with E-state index in [1.54, 1.807) is 6.20 Å². The van der Waals surface area contributed by atoms with Crippen molar-refractivity contribution in [2.75, 3.05) is 17.7 Å². The Morgan fingerprint density at radius 2 is 1.79 bits per heavy atom. The molecular formula is C20H18Cl2N6. The van der Waals surface area contributed by atoms with Gasteiger partial charge in [0.25, 0.3) is 0 Å². The van der Waals surface area contributed by atoms with Crippen molar-refractivity contribution in [3.05, 3.63) is 70.1 Å². The number of aromatic nitrogens is 4. The number of rotatable bonds is 4. The highest BCUT2D eigenvalue weighted by Crippen LogP contribution is 2.34. The second kappa shape index (κ2) is 7.30. The number of nitrogens with two attached hydrogens (primary N) is 1. The van der Waals surface area contributed by atoms with E-state index in [0.717, 1.165) is 27.8 Å². The van der Waals surface area contributed by atoms with Gasteiger partial charge in [0, 0.05) is 43.0 Å². The minimum absolute atomic E-state index is 0.201. The van der Waals surface area contributed by atoms with Gasteiger partial charge in [-0.15, -0.1) is 0 Å². The standard InChI is InChI=1S/C20H18Cl2N6/c1-27(17-9-10-24-19(22)25-17)15-7-8-16-18(26-20(23)28(16)2)14(15)11-12-3-5-13(21)6-4-12/h3-10H,11H2,1-2H3,(H2,23,26). The highest BCUT2D eigenvalue weighted by molar-refractivity contribution is 6.30. The third-order valence-electron chi connectivity index (χ3n) is 4.78. The minimum Gasteiger partial charge on any atom is -0.369 e. The van der Waals surface area contributed by atoms with Crippen LogP contribution in [0.2, 0.25) is 10.3 Å². The largest absolute Gasteiger partial charge is 0.369 e. The zero-order valence-electron chi connectivity index (χ0n) is 15.4. The van der Waals surface area contributed by atoms with Gasteiger partial charge in [0.05, 0.1) is 11.0 Å². The first-order valence-electron chi connectivity index (χ1n) is 8.64. The molecule has 0 aliphatic rings. The molecule has 28 heavy (non-hydrogen) atoms. The van der Waals surface area contributed by atoms with Crippen LogP contribution in [0.15, 0.2) is 48.7 Å². The molecule has 0 unspecified atom stereocenters. The molecule has 2 aromatic carbocycles. The van der Waals surface area contributed by atoms with Gasteiger partial charge in [-0.2, -0.15) is 0 Å². The van der Waals surface area contributed by atoms with Crippen molar-refractivity contribution < 1.29 is 0 Å². The van der Waals surface area contributed by atoms with Crippen LogP contribution in [0.5, 0.6) is 0 Å². The normalized spacial score (nSPS) is 11.1. The molecule has 6 nitrogen and oxygen atoms in total. The lowest BCUT2D eigenvalue weighted by atomic mass is 10.0. The average molecular weight is 413 g/mol. The van der Waals surface area contributed by atoms with Crippen LogP contribution in [0, 0.1) is 0 Å². The third-order valence-corrected chi connectivity index (χ3v) is 5.21. The van der Waals surface area contributed by atoms with E-state index in [4.69, 9.17) is 28.9 Å². The van der Waals surface area contributed by atoms with Gasteiger partial charge in [0.2, 0.25) is 11.2 Å². The molecule has 0 saturated carbocycles. The Balaban J connectivity index is 1.88. The number of halogens is 2. The van der Waals surface area contributed by atoms with E-state index in [1.807, 2.05) is 66.0 Å². The predicted molar refractivity (Wildman–Crippen MR) is 114 cm³/mol. The fourth-order valence-electron chi connectivity index (χ4n) is 3.25. The van der Waals surface area contributed by atoms with Crippen LogP contribution in [0.25, 0.3) is 11.0 Å². The molecule has 0 bridgehead atoms. The molecule has 0 saturated heterocycles. The number of benzene rings is 2. The van der Waals surface area contributed by atoms with E-state index in [1.165, 1.54) is 0 Å². The second-order valence-corrected chi connectivity index (χ2v) is 7.28. The van der Waals surface area contributed by atoms with Crippen LogP contribution in [0.1, 0.15) is 11.1 Å². The molecule has 0 fully saturated rings. The summed E-state index contributed by atoms with van der Waals surface area (Å²) in [4.78, 5) is 14.9. The minimum atomic E-state index is 0.201. The Hall–Kier alpha value is -2.83. The van der Waals surface area contributed by atoms with E-state index < -0.39 is 0 Å². The van der Waals surface area contributed by atoms with Crippen molar-refractivity contribution in [3.63, 3.8) is 0 Å². The Kier molecular flexibility index (Phi) is 4.83. The lowest BCUT2D eigenvalue weighted by Gasteiger charge is -2.22. The molecule has 4 aromatic rings. The number of imidazole rings is 1. The quantitative estimate of drug-likeness (QED) is 0.495. The Labute approximate surface area is 172 Å². The van der Waals surface area contributed by atoms with Crippen molar-refractivity contribution in [3.8, 4) is 0 Å². The molecule has 2 N–H and O–H groups in total. The van der Waals surface area contributed by atoms with E-state index in [9.17, 15) is 0 Å². The highest BCUT2D eigenvalue weighted by atomic mass is 35.5. The summed E-state index contributed by atoms with van der Waals surface area (Å²) >= 11 is 12.0. The molecular weight excluding hydrogens is 395 g/mol. The van der Waals surface area contributed by atoms with Gasteiger partial charge in [0.1, 0.15) is 5.82 Å². The molecule has 0 amide bonds.